The first kappa shape index (κ1) is 14.4. The molecular formula is C11H14N4P+. The predicted octanol–water partition coefficient (Wildman–Crippen LogP) is 2.27. The summed E-state index contributed by atoms with van der Waals surface area (Å²) in [6.45, 7) is 0. The Bertz CT molecular complexity index is 318. The van der Waals surface area contributed by atoms with Gasteiger partial charge in [-0.05, 0) is 0 Å². The van der Waals surface area contributed by atoms with Crippen LogP contribution in [-0.4, -0.2) is 24.6 Å². The van der Waals surface area contributed by atoms with E-state index in [1.54, 1.807) is 0 Å². The number of hydrogen-bond donors (Lipinski definition) is 0. The molecule has 0 aromatic rings. The second-order valence-corrected chi connectivity index (χ2v) is 7.89. The Kier molecular flexibility index (Phi) is 7.81. The Labute approximate surface area is 97.0 Å². The van der Waals surface area contributed by atoms with Crippen molar-refractivity contribution in [3.05, 3.63) is 0 Å². The molecule has 0 aromatic carbocycles. The van der Waals surface area contributed by atoms with Gasteiger partial charge in [-0.2, -0.15) is 21.0 Å². The smallest absolute Gasteiger partial charge is 0.145 e. The summed E-state index contributed by atoms with van der Waals surface area (Å²) in [5, 5.41) is 34.6. The molecule has 0 atom stereocenters. The highest BCUT2D eigenvalue weighted by atomic mass is 31.2. The molecule has 0 saturated heterocycles. The third-order valence-electron chi connectivity index (χ3n) is 2.50. The van der Waals surface area contributed by atoms with E-state index in [0.717, 1.165) is 0 Å². The molecular weight excluding hydrogens is 219 g/mol. The lowest BCUT2D eigenvalue weighted by Gasteiger charge is -2.22. The van der Waals surface area contributed by atoms with Crippen molar-refractivity contribution >= 4 is 7.26 Å². The highest BCUT2D eigenvalue weighted by Gasteiger charge is 2.36. The number of nitriles is 4. The van der Waals surface area contributed by atoms with E-state index in [-0.39, 0.29) is 0 Å². The summed E-state index contributed by atoms with van der Waals surface area (Å²) < 4.78 is 0. The van der Waals surface area contributed by atoms with Crippen LogP contribution in [0, 0.1) is 45.3 Å². The molecule has 0 bridgehead atoms. The molecule has 82 valence electrons. The van der Waals surface area contributed by atoms with Crippen molar-refractivity contribution in [2.24, 2.45) is 0 Å². The zero-order chi connectivity index (χ0) is 12.3. The van der Waals surface area contributed by atoms with Gasteiger partial charge in [-0.25, -0.2) is 0 Å². The maximum atomic E-state index is 8.83. The monoisotopic (exact) mass is 233 g/mol. The van der Waals surface area contributed by atoms with Gasteiger partial charge in [0.25, 0.3) is 0 Å². The molecule has 0 radical (unpaired) electrons. The van der Waals surface area contributed by atoms with Crippen molar-refractivity contribution in [2.75, 3.05) is 24.6 Å². The third-order valence-corrected chi connectivity index (χ3v) is 6.83. The highest BCUT2D eigenvalue weighted by Crippen LogP contribution is 2.59. The topological polar surface area (TPSA) is 95.2 Å². The first-order valence-electron chi connectivity index (χ1n) is 5.07. The Morgan fingerprint density at radius 2 is 1.00 bits per heavy atom. The summed E-state index contributed by atoms with van der Waals surface area (Å²) in [4.78, 5) is 0. The molecule has 0 fully saturated rings. The molecule has 4 nitrogen and oxygen atoms in total. The van der Waals surface area contributed by atoms with Crippen molar-refractivity contribution in [1.29, 1.82) is 21.0 Å². The third kappa shape index (κ3) is 5.32. The van der Waals surface area contributed by atoms with Gasteiger partial charge in [-0.1, -0.05) is 0 Å². The Morgan fingerprint density at radius 3 is 1.25 bits per heavy atom. The molecule has 0 heterocycles. The molecule has 0 unspecified atom stereocenters. The minimum Gasteiger partial charge on any atom is -0.198 e. The van der Waals surface area contributed by atoms with Crippen LogP contribution < -0.4 is 0 Å². The molecule has 0 aromatic heterocycles. The van der Waals surface area contributed by atoms with Crippen LogP contribution in [-0.2, 0) is 0 Å². The normalized spacial score (nSPS) is 9.50. The maximum absolute atomic E-state index is 8.83. The summed E-state index contributed by atoms with van der Waals surface area (Å²) >= 11 is 0. The van der Waals surface area contributed by atoms with Crippen LogP contribution in [0.2, 0.25) is 0 Å². The van der Waals surface area contributed by atoms with Gasteiger partial charge in [0.05, 0.1) is 56.0 Å². The molecule has 0 aliphatic heterocycles. The zero-order valence-electron chi connectivity index (χ0n) is 9.19. The van der Waals surface area contributed by atoms with Crippen LogP contribution in [0.15, 0.2) is 0 Å². The fourth-order valence-corrected chi connectivity index (χ4v) is 4.75. The standard InChI is InChI=1S/C11H14N4P/c12-4-1-8-16(11-7-15,9-2-5-13)10-3-6-14/h1-3,8-11H2/q+1. The molecule has 5 heteroatoms. The fourth-order valence-electron chi connectivity index (χ4n) is 1.58. The second kappa shape index (κ2) is 8.68. The lowest BCUT2D eigenvalue weighted by molar-refractivity contribution is 1.10. The average molecular weight is 233 g/mol. The van der Waals surface area contributed by atoms with E-state index in [1.165, 1.54) is 0 Å². The minimum atomic E-state index is -1.57. The van der Waals surface area contributed by atoms with Crippen molar-refractivity contribution in [1.82, 2.24) is 0 Å². The van der Waals surface area contributed by atoms with Crippen molar-refractivity contribution < 1.29 is 0 Å². The number of hydrogen-bond acceptors (Lipinski definition) is 4. The van der Waals surface area contributed by atoms with Crippen LogP contribution in [0.3, 0.4) is 0 Å². The number of rotatable bonds is 7. The van der Waals surface area contributed by atoms with Crippen molar-refractivity contribution in [2.45, 2.75) is 19.3 Å². The SMILES string of the molecule is N#CCC[P+](CC#N)(CCC#N)CCC#N. The van der Waals surface area contributed by atoms with Crippen LogP contribution in [0.25, 0.3) is 0 Å². The first-order chi connectivity index (χ1) is 7.74. The van der Waals surface area contributed by atoms with Gasteiger partial charge in [0.15, 0.2) is 0 Å². The summed E-state index contributed by atoms with van der Waals surface area (Å²) in [6.07, 6.45) is 3.82. The molecule has 0 aliphatic rings. The molecule has 0 N–H and O–H groups in total. The van der Waals surface area contributed by atoms with Crippen molar-refractivity contribution in [3.63, 3.8) is 0 Å². The maximum Gasteiger partial charge on any atom is 0.145 e. The van der Waals surface area contributed by atoms with E-state index in [4.69, 9.17) is 21.0 Å². The summed E-state index contributed by atoms with van der Waals surface area (Å²) in [5.41, 5.74) is 0. The summed E-state index contributed by atoms with van der Waals surface area (Å²) in [5.74, 6) is 0. The van der Waals surface area contributed by atoms with E-state index in [2.05, 4.69) is 24.3 Å². The molecule has 0 rings (SSSR count). The van der Waals surface area contributed by atoms with E-state index in [1.807, 2.05) is 0 Å². The Hall–Kier alpha value is -1.61. The van der Waals surface area contributed by atoms with Gasteiger partial charge in [-0.15, -0.1) is 0 Å². The molecule has 0 saturated carbocycles. The zero-order valence-corrected chi connectivity index (χ0v) is 10.1. The van der Waals surface area contributed by atoms with Crippen LogP contribution in [0.4, 0.5) is 0 Å². The van der Waals surface area contributed by atoms with Crippen LogP contribution >= 0.6 is 7.26 Å². The van der Waals surface area contributed by atoms with Gasteiger partial charge in [-0.3, -0.25) is 0 Å². The van der Waals surface area contributed by atoms with Crippen LogP contribution in [0.5, 0.6) is 0 Å². The van der Waals surface area contributed by atoms with E-state index in [0.29, 0.717) is 43.9 Å². The minimum absolute atomic E-state index is 0.423. The number of nitrogens with zero attached hydrogens (tertiary/aromatic N) is 4. The molecule has 0 spiro atoms. The quantitative estimate of drug-likeness (QED) is 0.630. The molecule has 16 heavy (non-hydrogen) atoms. The van der Waals surface area contributed by atoms with Crippen molar-refractivity contribution in [3.8, 4) is 24.3 Å². The summed E-state index contributed by atoms with van der Waals surface area (Å²) in [7, 11) is -1.57. The first-order valence-corrected chi connectivity index (χ1v) is 7.60. The van der Waals surface area contributed by atoms with Gasteiger partial charge in [0.2, 0.25) is 0 Å². The average Bonchev–Trinajstić information content (AvgIpc) is 2.31. The van der Waals surface area contributed by atoms with E-state index in [9.17, 15) is 0 Å². The largest absolute Gasteiger partial charge is 0.198 e. The van der Waals surface area contributed by atoms with Crippen LogP contribution in [0.1, 0.15) is 19.3 Å². The van der Waals surface area contributed by atoms with E-state index >= 15 is 0 Å². The lowest BCUT2D eigenvalue weighted by atomic mass is 10.5. The van der Waals surface area contributed by atoms with Gasteiger partial charge in [0.1, 0.15) is 12.2 Å². The molecule has 0 aliphatic carbocycles. The highest BCUT2D eigenvalue weighted by molar-refractivity contribution is 7.76. The van der Waals surface area contributed by atoms with Gasteiger partial charge < -0.3 is 0 Å². The van der Waals surface area contributed by atoms with Gasteiger partial charge in [0, 0.05) is 7.26 Å². The Balaban J connectivity index is 4.63. The molecule has 0 amide bonds. The summed E-state index contributed by atoms with van der Waals surface area (Å²) in [6, 6.07) is 8.42. The van der Waals surface area contributed by atoms with Gasteiger partial charge >= 0.3 is 0 Å². The predicted molar refractivity (Wildman–Crippen MR) is 62.7 cm³/mol. The fraction of sp³-hybridized carbons (Fsp3) is 0.636. The van der Waals surface area contributed by atoms with E-state index < -0.39 is 7.26 Å². The second-order valence-electron chi connectivity index (χ2n) is 3.55. The lowest BCUT2D eigenvalue weighted by Crippen LogP contribution is -2.11. The Morgan fingerprint density at radius 1 is 0.625 bits per heavy atom.